The number of hydrogen-bond donors (Lipinski definition) is 1. The number of nitrogens with zero attached hydrogens (tertiary/aromatic N) is 3. The topological polar surface area (TPSA) is 74.2 Å². The Morgan fingerprint density at radius 3 is 2.70 bits per heavy atom. The summed E-state index contributed by atoms with van der Waals surface area (Å²) in [5.41, 5.74) is 4.65. The van der Waals surface area contributed by atoms with E-state index in [2.05, 4.69) is 10.5 Å². The summed E-state index contributed by atoms with van der Waals surface area (Å²) in [5, 5.41) is 4.08. The van der Waals surface area contributed by atoms with Gasteiger partial charge in [-0.05, 0) is 44.0 Å². The van der Waals surface area contributed by atoms with Gasteiger partial charge < -0.3 is 9.64 Å². The number of hydrazone groups is 1. The molecule has 30 heavy (non-hydrogen) atoms. The van der Waals surface area contributed by atoms with Gasteiger partial charge in [0, 0.05) is 18.7 Å². The molecule has 2 aromatic rings. The molecule has 7 nitrogen and oxygen atoms in total. The van der Waals surface area contributed by atoms with E-state index in [1.54, 1.807) is 43.3 Å². The molecule has 0 saturated carbocycles. The quantitative estimate of drug-likeness (QED) is 0.608. The third-order valence-corrected chi connectivity index (χ3v) is 5.27. The molecule has 0 aliphatic carbocycles. The highest BCUT2D eigenvalue weighted by atomic mass is 19.1. The first-order valence-electron chi connectivity index (χ1n) is 9.93. The minimum Gasteiger partial charge on any atom is -0.482 e. The van der Waals surface area contributed by atoms with Crippen molar-refractivity contribution in [3.8, 4) is 5.75 Å². The maximum absolute atomic E-state index is 14.5. The van der Waals surface area contributed by atoms with Gasteiger partial charge in [-0.1, -0.05) is 18.2 Å². The number of benzene rings is 2. The van der Waals surface area contributed by atoms with Crippen LogP contribution in [0.25, 0.3) is 0 Å². The van der Waals surface area contributed by atoms with Crippen LogP contribution in [0.1, 0.15) is 25.3 Å². The van der Waals surface area contributed by atoms with Gasteiger partial charge in [0.15, 0.2) is 6.61 Å². The molecule has 0 unspecified atom stereocenters. The van der Waals surface area contributed by atoms with Gasteiger partial charge in [0.05, 0.1) is 17.1 Å². The van der Waals surface area contributed by atoms with Gasteiger partial charge in [-0.15, -0.1) is 0 Å². The molecule has 0 radical (unpaired) electrons. The van der Waals surface area contributed by atoms with Crippen molar-refractivity contribution in [2.75, 3.05) is 36.0 Å². The average molecular weight is 410 g/mol. The summed E-state index contributed by atoms with van der Waals surface area (Å²) in [4.78, 5) is 27.9. The summed E-state index contributed by atoms with van der Waals surface area (Å²) in [5.74, 6) is -0.498. The lowest BCUT2D eigenvalue weighted by atomic mass is 10.1. The Labute approximate surface area is 174 Å². The molecule has 1 fully saturated rings. The van der Waals surface area contributed by atoms with Crippen LogP contribution in [-0.4, -0.2) is 43.8 Å². The van der Waals surface area contributed by atoms with Crippen LogP contribution in [0.3, 0.4) is 0 Å². The smallest absolute Gasteiger partial charge is 0.265 e. The number of nitrogens with one attached hydrogen (secondary N) is 1. The van der Waals surface area contributed by atoms with Crippen molar-refractivity contribution in [3.05, 3.63) is 53.8 Å². The zero-order chi connectivity index (χ0) is 21.1. The highest BCUT2D eigenvalue weighted by molar-refractivity contribution is 6.03. The summed E-state index contributed by atoms with van der Waals surface area (Å²) < 4.78 is 19.9. The first-order chi connectivity index (χ1) is 14.5. The van der Waals surface area contributed by atoms with Gasteiger partial charge >= 0.3 is 0 Å². The number of halogens is 1. The SMILES string of the molecule is C/C(=N/NC(=O)CN1C(=O)COc2ccccc21)c1ccc(N2CCCC2)c(F)c1. The maximum Gasteiger partial charge on any atom is 0.265 e. The van der Waals surface area contributed by atoms with E-state index in [1.807, 2.05) is 4.90 Å². The van der Waals surface area contributed by atoms with E-state index in [9.17, 15) is 14.0 Å². The van der Waals surface area contributed by atoms with E-state index >= 15 is 0 Å². The Morgan fingerprint density at radius 1 is 1.17 bits per heavy atom. The number of para-hydroxylation sites is 2. The number of fused-ring (bicyclic) bond motifs is 1. The van der Waals surface area contributed by atoms with E-state index in [-0.39, 0.29) is 24.9 Å². The van der Waals surface area contributed by atoms with Gasteiger partial charge in [-0.25, -0.2) is 9.82 Å². The number of anilines is 2. The van der Waals surface area contributed by atoms with Crippen LogP contribution in [0.4, 0.5) is 15.8 Å². The molecule has 8 heteroatoms. The fourth-order valence-corrected chi connectivity index (χ4v) is 3.66. The zero-order valence-electron chi connectivity index (χ0n) is 16.7. The van der Waals surface area contributed by atoms with Crippen molar-refractivity contribution in [1.29, 1.82) is 0 Å². The summed E-state index contributed by atoms with van der Waals surface area (Å²) in [7, 11) is 0. The fourth-order valence-electron chi connectivity index (χ4n) is 3.66. The monoisotopic (exact) mass is 410 g/mol. The van der Waals surface area contributed by atoms with Crippen LogP contribution in [0.15, 0.2) is 47.6 Å². The molecule has 2 aliphatic rings. The molecule has 2 aromatic carbocycles. The molecule has 1 saturated heterocycles. The second kappa shape index (κ2) is 8.52. The van der Waals surface area contributed by atoms with E-state index in [0.29, 0.717) is 28.4 Å². The number of rotatable bonds is 5. The Morgan fingerprint density at radius 2 is 1.93 bits per heavy atom. The van der Waals surface area contributed by atoms with Crippen LogP contribution < -0.4 is 20.0 Å². The van der Waals surface area contributed by atoms with Gasteiger partial charge in [0.1, 0.15) is 18.1 Å². The fraction of sp³-hybridized carbons (Fsp3) is 0.318. The number of carbonyl (C=O) groups excluding carboxylic acids is 2. The summed E-state index contributed by atoms with van der Waals surface area (Å²) in [6.07, 6.45) is 2.15. The predicted octanol–water partition coefficient (Wildman–Crippen LogP) is 2.69. The third-order valence-electron chi connectivity index (χ3n) is 5.27. The third kappa shape index (κ3) is 4.12. The average Bonchev–Trinajstić information content (AvgIpc) is 3.28. The molecule has 0 spiro atoms. The van der Waals surface area contributed by atoms with Crippen molar-refractivity contribution >= 4 is 28.9 Å². The minimum atomic E-state index is -0.450. The number of carbonyl (C=O) groups is 2. The summed E-state index contributed by atoms with van der Waals surface area (Å²) >= 11 is 0. The molecule has 4 rings (SSSR count). The summed E-state index contributed by atoms with van der Waals surface area (Å²) in [6.45, 7) is 3.12. The zero-order valence-corrected chi connectivity index (χ0v) is 16.7. The molecule has 0 aromatic heterocycles. The number of ether oxygens (including phenoxy) is 1. The van der Waals surface area contributed by atoms with E-state index in [1.165, 1.54) is 11.0 Å². The molecule has 156 valence electrons. The van der Waals surface area contributed by atoms with Gasteiger partial charge in [0.2, 0.25) is 0 Å². The first-order valence-corrected chi connectivity index (χ1v) is 9.93. The van der Waals surface area contributed by atoms with Gasteiger partial charge in [-0.2, -0.15) is 5.10 Å². The lowest BCUT2D eigenvalue weighted by Crippen LogP contribution is -2.44. The minimum absolute atomic E-state index is 0.116. The van der Waals surface area contributed by atoms with Gasteiger partial charge in [0.25, 0.3) is 11.8 Å². The van der Waals surface area contributed by atoms with Crippen molar-refractivity contribution < 1.29 is 18.7 Å². The van der Waals surface area contributed by atoms with Crippen molar-refractivity contribution in [2.45, 2.75) is 19.8 Å². The molecule has 0 bridgehead atoms. The Kier molecular flexibility index (Phi) is 5.65. The maximum atomic E-state index is 14.5. The Hall–Kier alpha value is -3.42. The Bertz CT molecular complexity index is 1000. The van der Waals surface area contributed by atoms with Crippen LogP contribution in [0, 0.1) is 5.82 Å². The second-order valence-electron chi connectivity index (χ2n) is 7.33. The van der Waals surface area contributed by atoms with Crippen LogP contribution >= 0.6 is 0 Å². The van der Waals surface area contributed by atoms with Crippen molar-refractivity contribution in [1.82, 2.24) is 5.43 Å². The van der Waals surface area contributed by atoms with Crippen LogP contribution in [0.5, 0.6) is 5.75 Å². The standard InChI is InChI=1S/C22H23FN4O3/c1-15(16-8-9-18(17(23)12-16)26-10-4-5-11-26)24-25-21(28)13-27-19-6-2-3-7-20(19)30-14-22(27)29/h2-3,6-9,12H,4-5,10-11,13-14H2,1H3,(H,25,28)/b24-15-. The summed E-state index contributed by atoms with van der Waals surface area (Å²) in [6, 6.07) is 12.0. The highest BCUT2D eigenvalue weighted by Gasteiger charge is 2.27. The molecule has 2 heterocycles. The lowest BCUT2D eigenvalue weighted by Gasteiger charge is -2.28. The van der Waals surface area contributed by atoms with Gasteiger partial charge in [-0.3, -0.25) is 14.5 Å². The van der Waals surface area contributed by atoms with E-state index in [4.69, 9.17) is 4.74 Å². The largest absolute Gasteiger partial charge is 0.482 e. The molecule has 0 atom stereocenters. The van der Waals surface area contributed by atoms with E-state index < -0.39 is 5.91 Å². The van der Waals surface area contributed by atoms with Crippen LogP contribution in [0.2, 0.25) is 0 Å². The predicted molar refractivity (Wildman–Crippen MR) is 112 cm³/mol. The molecule has 2 aliphatic heterocycles. The normalized spacial score (nSPS) is 16.3. The van der Waals surface area contributed by atoms with Crippen molar-refractivity contribution in [2.24, 2.45) is 5.10 Å². The van der Waals surface area contributed by atoms with Crippen LogP contribution in [-0.2, 0) is 9.59 Å². The van der Waals surface area contributed by atoms with Crippen molar-refractivity contribution in [3.63, 3.8) is 0 Å². The number of amides is 2. The molecule has 2 amide bonds. The lowest BCUT2D eigenvalue weighted by molar-refractivity contribution is -0.125. The Balaban J connectivity index is 1.42. The highest BCUT2D eigenvalue weighted by Crippen LogP contribution is 2.31. The molecular weight excluding hydrogens is 387 g/mol. The second-order valence-corrected chi connectivity index (χ2v) is 7.33. The molecule has 1 N–H and O–H groups in total. The number of hydrogen-bond acceptors (Lipinski definition) is 5. The molecular formula is C22H23FN4O3. The van der Waals surface area contributed by atoms with E-state index in [0.717, 1.165) is 25.9 Å². The first kappa shape index (κ1) is 19.9.